The smallest absolute Gasteiger partial charge is 0.0101 e. The van der Waals surface area contributed by atoms with Gasteiger partial charge in [-0.05, 0) is 11.0 Å². The third kappa shape index (κ3) is 2.14. The summed E-state index contributed by atoms with van der Waals surface area (Å²) in [5.74, 6) is 0.334. The molecule has 14 heavy (non-hydrogen) atoms. The maximum atomic E-state index is 3.90. The number of benzene rings is 1. The van der Waals surface area contributed by atoms with Crippen molar-refractivity contribution in [2.45, 2.75) is 19.8 Å². The fourth-order valence-electron chi connectivity index (χ4n) is 1.66. The number of allylic oxidation sites excluding steroid dienone is 2. The first-order valence-corrected chi connectivity index (χ1v) is 4.93. The van der Waals surface area contributed by atoms with E-state index in [2.05, 4.69) is 51.3 Å². The van der Waals surface area contributed by atoms with Crippen LogP contribution >= 0.6 is 0 Å². The summed E-state index contributed by atoms with van der Waals surface area (Å²) < 4.78 is 0. The summed E-state index contributed by atoms with van der Waals surface area (Å²) in [6.07, 6.45) is 3.99. The van der Waals surface area contributed by atoms with Gasteiger partial charge in [-0.15, -0.1) is 13.2 Å². The van der Waals surface area contributed by atoms with E-state index in [9.17, 15) is 0 Å². The maximum absolute atomic E-state index is 3.90. The molecule has 0 radical (unpaired) electrons. The highest BCUT2D eigenvalue weighted by molar-refractivity contribution is 5.27. The molecule has 0 aliphatic carbocycles. The Morgan fingerprint density at radius 2 is 1.71 bits per heavy atom. The van der Waals surface area contributed by atoms with Crippen molar-refractivity contribution in [2.75, 3.05) is 0 Å². The Balaban J connectivity index is 3.05. The van der Waals surface area contributed by atoms with E-state index in [0.717, 1.165) is 0 Å². The molecule has 1 rings (SSSR count). The highest BCUT2D eigenvalue weighted by atomic mass is 14.3. The van der Waals surface area contributed by atoms with Crippen LogP contribution in [0.1, 0.15) is 25.3 Å². The molecule has 0 N–H and O–H groups in total. The van der Waals surface area contributed by atoms with E-state index in [-0.39, 0.29) is 5.41 Å². The zero-order valence-electron chi connectivity index (χ0n) is 9.03. The molecule has 1 atom stereocenters. The zero-order chi connectivity index (χ0) is 10.6. The van der Waals surface area contributed by atoms with Gasteiger partial charge in [-0.1, -0.05) is 56.3 Å². The summed E-state index contributed by atoms with van der Waals surface area (Å²) >= 11 is 0. The standard InChI is InChI=1S/C14H18/c1-5-13(14(3,4)6-2)12-10-8-7-9-11-12/h5-11,13H,1-2H2,3-4H3. The molecule has 74 valence electrons. The highest BCUT2D eigenvalue weighted by Gasteiger charge is 2.24. The van der Waals surface area contributed by atoms with Crippen LogP contribution in [-0.2, 0) is 0 Å². The van der Waals surface area contributed by atoms with Gasteiger partial charge < -0.3 is 0 Å². The Kier molecular flexibility index (Phi) is 3.29. The molecule has 1 unspecified atom stereocenters. The molecule has 0 amide bonds. The molecular formula is C14H18. The van der Waals surface area contributed by atoms with Crippen molar-refractivity contribution in [2.24, 2.45) is 5.41 Å². The molecule has 0 aliphatic rings. The molecule has 0 heteroatoms. The topological polar surface area (TPSA) is 0 Å². The van der Waals surface area contributed by atoms with Crippen molar-refractivity contribution < 1.29 is 0 Å². The number of rotatable bonds is 4. The molecule has 0 spiro atoms. The summed E-state index contributed by atoms with van der Waals surface area (Å²) in [6.45, 7) is 12.1. The van der Waals surface area contributed by atoms with Crippen LogP contribution in [0.25, 0.3) is 0 Å². The molecule has 0 saturated carbocycles. The molecule has 0 heterocycles. The first kappa shape index (κ1) is 10.8. The normalized spacial score (nSPS) is 13.3. The summed E-state index contributed by atoms with van der Waals surface area (Å²) in [5.41, 5.74) is 1.36. The minimum atomic E-state index is 0.0586. The molecule has 0 aliphatic heterocycles. The van der Waals surface area contributed by atoms with Gasteiger partial charge >= 0.3 is 0 Å². The third-order valence-electron chi connectivity index (χ3n) is 2.72. The van der Waals surface area contributed by atoms with Gasteiger partial charge in [-0.25, -0.2) is 0 Å². The lowest BCUT2D eigenvalue weighted by Crippen LogP contribution is -2.17. The Morgan fingerprint density at radius 3 is 2.14 bits per heavy atom. The van der Waals surface area contributed by atoms with Gasteiger partial charge in [-0.3, -0.25) is 0 Å². The summed E-state index contributed by atoms with van der Waals surface area (Å²) in [7, 11) is 0. The quantitative estimate of drug-likeness (QED) is 0.619. The van der Waals surface area contributed by atoms with Crippen molar-refractivity contribution in [3.05, 3.63) is 61.2 Å². The molecule has 1 aromatic rings. The molecular weight excluding hydrogens is 168 g/mol. The zero-order valence-corrected chi connectivity index (χ0v) is 9.03. The van der Waals surface area contributed by atoms with E-state index in [1.807, 2.05) is 18.2 Å². The molecule has 0 fully saturated rings. The Bertz CT molecular complexity index is 306. The van der Waals surface area contributed by atoms with E-state index in [1.165, 1.54) is 5.56 Å². The van der Waals surface area contributed by atoms with Crippen LogP contribution in [0.4, 0.5) is 0 Å². The van der Waals surface area contributed by atoms with Crippen molar-refractivity contribution in [3.8, 4) is 0 Å². The maximum Gasteiger partial charge on any atom is 0.0101 e. The van der Waals surface area contributed by atoms with Gasteiger partial charge in [0.05, 0.1) is 0 Å². The van der Waals surface area contributed by atoms with Crippen LogP contribution in [0.3, 0.4) is 0 Å². The molecule has 0 nitrogen and oxygen atoms in total. The van der Waals surface area contributed by atoms with Crippen LogP contribution in [0.15, 0.2) is 55.6 Å². The van der Waals surface area contributed by atoms with E-state index >= 15 is 0 Å². The van der Waals surface area contributed by atoms with Gasteiger partial charge in [0.25, 0.3) is 0 Å². The first-order chi connectivity index (χ1) is 6.61. The van der Waals surface area contributed by atoms with E-state index in [4.69, 9.17) is 0 Å². The fourth-order valence-corrected chi connectivity index (χ4v) is 1.66. The molecule has 0 saturated heterocycles. The molecule has 0 bridgehead atoms. The van der Waals surface area contributed by atoms with Crippen molar-refractivity contribution in [1.29, 1.82) is 0 Å². The average Bonchev–Trinajstić information content (AvgIpc) is 2.20. The van der Waals surface area contributed by atoms with Crippen molar-refractivity contribution >= 4 is 0 Å². The third-order valence-corrected chi connectivity index (χ3v) is 2.72. The lowest BCUT2D eigenvalue weighted by molar-refractivity contribution is 0.428. The second kappa shape index (κ2) is 4.28. The Hall–Kier alpha value is -1.30. The predicted octanol–water partition coefficient (Wildman–Crippen LogP) is 4.17. The van der Waals surface area contributed by atoms with Gasteiger partial charge in [0.15, 0.2) is 0 Å². The number of hydrogen-bond donors (Lipinski definition) is 0. The Morgan fingerprint density at radius 1 is 1.14 bits per heavy atom. The van der Waals surface area contributed by atoms with Gasteiger partial charge in [-0.2, -0.15) is 0 Å². The van der Waals surface area contributed by atoms with Gasteiger partial charge in [0.1, 0.15) is 0 Å². The van der Waals surface area contributed by atoms with E-state index in [0.29, 0.717) is 5.92 Å². The van der Waals surface area contributed by atoms with Crippen LogP contribution in [0, 0.1) is 5.41 Å². The summed E-state index contributed by atoms with van der Waals surface area (Å²) in [4.78, 5) is 0. The van der Waals surface area contributed by atoms with Crippen LogP contribution in [0.5, 0.6) is 0 Å². The second-order valence-electron chi connectivity index (χ2n) is 4.15. The van der Waals surface area contributed by atoms with Crippen LogP contribution in [0.2, 0.25) is 0 Å². The van der Waals surface area contributed by atoms with Crippen molar-refractivity contribution in [3.63, 3.8) is 0 Å². The molecule has 0 aromatic heterocycles. The van der Waals surface area contributed by atoms with E-state index < -0.39 is 0 Å². The highest BCUT2D eigenvalue weighted by Crippen LogP contribution is 2.36. The minimum Gasteiger partial charge on any atom is -0.103 e. The Labute approximate surface area is 87.0 Å². The average molecular weight is 186 g/mol. The van der Waals surface area contributed by atoms with Crippen LogP contribution in [-0.4, -0.2) is 0 Å². The van der Waals surface area contributed by atoms with Crippen molar-refractivity contribution in [1.82, 2.24) is 0 Å². The largest absolute Gasteiger partial charge is 0.103 e. The fraction of sp³-hybridized carbons (Fsp3) is 0.286. The van der Waals surface area contributed by atoms with Crippen LogP contribution < -0.4 is 0 Å². The summed E-state index contributed by atoms with van der Waals surface area (Å²) in [6, 6.07) is 10.4. The lowest BCUT2D eigenvalue weighted by atomic mass is 9.75. The second-order valence-corrected chi connectivity index (χ2v) is 4.15. The monoisotopic (exact) mass is 186 g/mol. The SMILES string of the molecule is C=CC(c1ccccc1)C(C)(C)C=C. The van der Waals surface area contributed by atoms with E-state index in [1.54, 1.807) is 0 Å². The minimum absolute atomic E-state index is 0.0586. The summed E-state index contributed by atoms with van der Waals surface area (Å²) in [5, 5.41) is 0. The predicted molar refractivity (Wildman–Crippen MR) is 63.4 cm³/mol. The van der Waals surface area contributed by atoms with Gasteiger partial charge in [0.2, 0.25) is 0 Å². The molecule has 1 aromatic carbocycles. The van der Waals surface area contributed by atoms with Gasteiger partial charge in [0, 0.05) is 5.92 Å². The number of hydrogen-bond acceptors (Lipinski definition) is 0. The lowest BCUT2D eigenvalue weighted by Gasteiger charge is -2.29. The first-order valence-electron chi connectivity index (χ1n) is 4.93.